The van der Waals surface area contributed by atoms with E-state index < -0.39 is 15.5 Å². The minimum absolute atomic E-state index is 0.0304. The van der Waals surface area contributed by atoms with Crippen molar-refractivity contribution in [3.8, 4) is 0 Å². The first-order valence-electron chi connectivity index (χ1n) is 8.73. The second-order valence-corrected chi connectivity index (χ2v) is 9.00. The molecule has 2 aliphatic heterocycles. The molecule has 1 N–H and O–H groups in total. The Morgan fingerprint density at radius 3 is 2.81 bits per heavy atom. The maximum absolute atomic E-state index is 15.0. The molecule has 9 heteroatoms. The fraction of sp³-hybridized carbons (Fsp3) is 0.647. The summed E-state index contributed by atoms with van der Waals surface area (Å²) in [4.78, 5) is 18.2. The highest BCUT2D eigenvalue weighted by Crippen LogP contribution is 2.31. The molecular weight excluding hydrogens is 361 g/mol. The van der Waals surface area contributed by atoms with Crippen LogP contribution in [0.25, 0.3) is 0 Å². The van der Waals surface area contributed by atoms with Gasteiger partial charge in [0.1, 0.15) is 16.4 Å². The maximum atomic E-state index is 15.0. The van der Waals surface area contributed by atoms with Crippen molar-refractivity contribution < 1.29 is 22.3 Å². The normalized spacial score (nSPS) is 23.0. The molecule has 2 fully saturated rings. The van der Waals surface area contributed by atoms with Crippen LogP contribution in [0.15, 0.2) is 23.2 Å². The van der Waals surface area contributed by atoms with Crippen LogP contribution in [0.5, 0.6) is 0 Å². The van der Waals surface area contributed by atoms with Gasteiger partial charge in [0, 0.05) is 45.0 Å². The highest BCUT2D eigenvalue weighted by atomic mass is 32.2. The average molecular weight is 385 g/mol. The molecule has 7 nitrogen and oxygen atoms in total. The maximum Gasteiger partial charge on any atom is 0.225 e. The summed E-state index contributed by atoms with van der Waals surface area (Å²) >= 11 is 0. The molecule has 0 aromatic carbocycles. The lowest BCUT2D eigenvalue weighted by Crippen LogP contribution is -2.49. The number of carbonyl (C=O) groups excluding carboxylic acids is 1. The molecule has 26 heavy (non-hydrogen) atoms. The van der Waals surface area contributed by atoms with Gasteiger partial charge in [-0.25, -0.2) is 17.8 Å². The second kappa shape index (κ2) is 7.48. The zero-order valence-electron chi connectivity index (χ0n) is 14.8. The Balaban J connectivity index is 1.59. The van der Waals surface area contributed by atoms with Crippen molar-refractivity contribution in [3.05, 3.63) is 18.3 Å². The number of sulfone groups is 1. The first-order chi connectivity index (χ1) is 12.3. The molecule has 1 atom stereocenters. The Labute approximate surface area is 152 Å². The van der Waals surface area contributed by atoms with Crippen LogP contribution >= 0.6 is 0 Å². The number of aromatic nitrogens is 1. The van der Waals surface area contributed by atoms with Gasteiger partial charge in [-0.1, -0.05) is 0 Å². The summed E-state index contributed by atoms with van der Waals surface area (Å²) in [7, 11) is -3.41. The Bertz CT molecular complexity index is 757. The predicted octanol–water partition coefficient (Wildman–Crippen LogP) is 0.946. The predicted molar refractivity (Wildman–Crippen MR) is 94.6 cm³/mol. The van der Waals surface area contributed by atoms with Crippen LogP contribution < -0.4 is 10.2 Å². The lowest BCUT2D eigenvalue weighted by molar-refractivity contribution is -0.125. The third-order valence-corrected chi connectivity index (χ3v) is 6.11. The highest BCUT2D eigenvalue weighted by molar-refractivity contribution is 7.90. The third kappa shape index (κ3) is 4.32. The molecule has 2 saturated heterocycles. The lowest BCUT2D eigenvalue weighted by atomic mass is 9.93. The number of nitrogens with one attached hydrogen (secondary N) is 1. The van der Waals surface area contributed by atoms with E-state index in [0.29, 0.717) is 38.5 Å². The van der Waals surface area contributed by atoms with Gasteiger partial charge in [0.15, 0.2) is 9.84 Å². The number of anilines is 1. The minimum atomic E-state index is -3.41. The third-order valence-electron chi connectivity index (χ3n) is 4.99. The first-order valence-corrected chi connectivity index (χ1v) is 10.6. The molecular formula is C17H24FN3O4S. The summed E-state index contributed by atoms with van der Waals surface area (Å²) in [6.07, 6.45) is 3.75. The molecule has 0 saturated carbocycles. The summed E-state index contributed by atoms with van der Waals surface area (Å²) in [5, 5.41) is 2.70. The Kier molecular flexibility index (Phi) is 5.47. The molecule has 1 aromatic heterocycles. The van der Waals surface area contributed by atoms with E-state index in [0.717, 1.165) is 6.26 Å². The zero-order chi connectivity index (χ0) is 18.8. The van der Waals surface area contributed by atoms with Crippen LogP contribution in [0.4, 0.5) is 10.2 Å². The molecule has 1 aromatic rings. The smallest absolute Gasteiger partial charge is 0.225 e. The van der Waals surface area contributed by atoms with Gasteiger partial charge in [0.2, 0.25) is 5.91 Å². The van der Waals surface area contributed by atoms with Crippen LogP contribution in [0.1, 0.15) is 19.3 Å². The number of pyridine rings is 1. The minimum Gasteiger partial charge on any atom is -0.381 e. The number of hydrogen-bond donors (Lipinski definition) is 1. The van der Waals surface area contributed by atoms with Crippen LogP contribution in [-0.2, 0) is 19.4 Å². The molecule has 0 spiro atoms. The molecule has 3 rings (SSSR count). The average Bonchev–Trinajstić information content (AvgIpc) is 3.14. The van der Waals surface area contributed by atoms with Gasteiger partial charge in [-0.05, 0) is 18.6 Å². The van der Waals surface area contributed by atoms with Gasteiger partial charge < -0.3 is 15.0 Å². The molecule has 1 amide bonds. The van der Waals surface area contributed by atoms with Gasteiger partial charge in [0.05, 0.1) is 19.1 Å². The molecule has 0 radical (unpaired) electrons. The molecule has 0 aliphatic carbocycles. The van der Waals surface area contributed by atoms with E-state index in [-0.39, 0.29) is 36.1 Å². The van der Waals surface area contributed by atoms with Crippen molar-refractivity contribution >= 4 is 21.6 Å². The molecule has 3 heterocycles. The van der Waals surface area contributed by atoms with Crippen LogP contribution in [0.2, 0.25) is 0 Å². The van der Waals surface area contributed by atoms with Gasteiger partial charge in [-0.15, -0.1) is 0 Å². The van der Waals surface area contributed by atoms with E-state index in [4.69, 9.17) is 4.74 Å². The lowest BCUT2D eigenvalue weighted by Gasteiger charge is -2.37. The number of carbonyl (C=O) groups is 1. The van der Waals surface area contributed by atoms with Crippen LogP contribution in [0.3, 0.4) is 0 Å². The van der Waals surface area contributed by atoms with Crippen molar-refractivity contribution in [2.24, 2.45) is 5.92 Å². The number of hydrogen-bond acceptors (Lipinski definition) is 6. The summed E-state index contributed by atoms with van der Waals surface area (Å²) in [5.41, 5.74) is -1.49. The quantitative estimate of drug-likeness (QED) is 0.812. The molecule has 1 unspecified atom stereocenters. The molecule has 144 valence electrons. The molecule has 2 aliphatic rings. The summed E-state index contributed by atoms with van der Waals surface area (Å²) in [6, 6.07) is 3.09. The van der Waals surface area contributed by atoms with Gasteiger partial charge in [-0.2, -0.15) is 0 Å². The number of ether oxygens (including phenoxy) is 1. The number of halogens is 1. The number of piperidine rings is 1. The second-order valence-electron chi connectivity index (χ2n) is 7.01. The fourth-order valence-electron chi connectivity index (χ4n) is 3.34. The van der Waals surface area contributed by atoms with E-state index in [1.165, 1.54) is 12.3 Å². The van der Waals surface area contributed by atoms with Gasteiger partial charge in [-0.3, -0.25) is 4.79 Å². The first kappa shape index (κ1) is 19.0. The number of nitrogens with zero attached hydrogens (tertiary/aromatic N) is 2. The van der Waals surface area contributed by atoms with Crippen LogP contribution in [-0.4, -0.2) is 64.1 Å². The van der Waals surface area contributed by atoms with E-state index in [1.807, 2.05) is 0 Å². The number of rotatable bonds is 5. The molecule has 0 bridgehead atoms. The standard InChI is InChI=1S/C17H24FN3O4S/c1-26(23,24)14-3-2-7-19-15(14)21-8-5-17(18,6-9-21)12-20-16(22)13-4-10-25-11-13/h2-3,7,13H,4-6,8-12H2,1H3,(H,20,22). The fourth-order valence-corrected chi connectivity index (χ4v) is 4.18. The van der Waals surface area contributed by atoms with E-state index in [1.54, 1.807) is 11.0 Å². The monoisotopic (exact) mass is 385 g/mol. The van der Waals surface area contributed by atoms with E-state index in [9.17, 15) is 13.2 Å². The summed E-state index contributed by atoms with van der Waals surface area (Å²) < 4.78 is 44.1. The summed E-state index contributed by atoms with van der Waals surface area (Å²) in [5.74, 6) is 0.0137. The summed E-state index contributed by atoms with van der Waals surface area (Å²) in [6.45, 7) is 1.63. The number of alkyl halides is 1. The van der Waals surface area contributed by atoms with Crippen molar-refractivity contribution in [2.75, 3.05) is 44.0 Å². The van der Waals surface area contributed by atoms with Crippen molar-refractivity contribution in [3.63, 3.8) is 0 Å². The highest BCUT2D eigenvalue weighted by Gasteiger charge is 2.37. The Morgan fingerprint density at radius 2 is 2.19 bits per heavy atom. The SMILES string of the molecule is CS(=O)(=O)c1cccnc1N1CCC(F)(CNC(=O)C2CCOC2)CC1. The van der Waals surface area contributed by atoms with Crippen molar-refractivity contribution in [1.29, 1.82) is 0 Å². The topological polar surface area (TPSA) is 88.6 Å². The van der Waals surface area contributed by atoms with Crippen LogP contribution in [0, 0.1) is 5.92 Å². The van der Waals surface area contributed by atoms with Crippen molar-refractivity contribution in [1.82, 2.24) is 10.3 Å². The number of amides is 1. The Morgan fingerprint density at radius 1 is 1.46 bits per heavy atom. The largest absolute Gasteiger partial charge is 0.381 e. The van der Waals surface area contributed by atoms with E-state index in [2.05, 4.69) is 10.3 Å². The van der Waals surface area contributed by atoms with Crippen molar-refractivity contribution in [2.45, 2.75) is 29.8 Å². The van der Waals surface area contributed by atoms with Gasteiger partial charge >= 0.3 is 0 Å². The zero-order valence-corrected chi connectivity index (χ0v) is 15.6. The van der Waals surface area contributed by atoms with Gasteiger partial charge in [0.25, 0.3) is 0 Å². The van der Waals surface area contributed by atoms with E-state index >= 15 is 4.39 Å². The Hall–Kier alpha value is -1.74.